The third-order valence-corrected chi connectivity index (χ3v) is 6.96. The number of nitrogens with zero attached hydrogens (tertiary/aromatic N) is 3. The fraction of sp³-hybridized carbons (Fsp3) is 0.345. The molecule has 2 aromatic heterocycles. The number of hydrogen-bond acceptors (Lipinski definition) is 7. The number of carboxylic acids is 1. The van der Waals surface area contributed by atoms with Crippen molar-refractivity contribution in [1.82, 2.24) is 15.3 Å². The molecule has 0 unspecified atom stereocenters. The Morgan fingerprint density at radius 3 is 2.60 bits per heavy atom. The number of anilines is 1. The Labute approximate surface area is 228 Å². The normalized spacial score (nSPS) is 14.2. The first-order valence-electron chi connectivity index (χ1n) is 13.0. The highest BCUT2D eigenvalue weighted by molar-refractivity contribution is 6.11. The van der Waals surface area contributed by atoms with Crippen LogP contribution in [-0.4, -0.2) is 58.5 Å². The lowest BCUT2D eigenvalue weighted by molar-refractivity contribution is -0.137. The highest BCUT2D eigenvalue weighted by Crippen LogP contribution is 2.34. The molecule has 0 amide bonds. The van der Waals surface area contributed by atoms with Gasteiger partial charge in [0.2, 0.25) is 0 Å². The largest absolute Gasteiger partial charge is 0.478 e. The maximum atomic E-state index is 13.1. The van der Waals surface area contributed by atoms with Crippen LogP contribution in [-0.2, 0) is 24.1 Å². The van der Waals surface area contributed by atoms with Crippen LogP contribution in [0.5, 0.6) is 0 Å². The summed E-state index contributed by atoms with van der Waals surface area (Å²) < 4.78 is 45.2. The number of benzene rings is 2. The summed E-state index contributed by atoms with van der Waals surface area (Å²) in [5, 5.41) is 24.5. The summed E-state index contributed by atoms with van der Waals surface area (Å²) >= 11 is 0. The number of nitrogens with one attached hydrogen (secondary N) is 1. The topological polar surface area (TPSA) is 108 Å². The van der Waals surface area contributed by atoms with E-state index in [0.717, 1.165) is 47.0 Å². The Kier molecular flexibility index (Phi) is 8.15. The molecule has 1 fully saturated rings. The van der Waals surface area contributed by atoms with Gasteiger partial charge in [0.15, 0.2) is 0 Å². The minimum Gasteiger partial charge on any atom is -0.478 e. The third-order valence-electron chi connectivity index (χ3n) is 6.96. The number of rotatable bonds is 11. The molecule has 40 heavy (non-hydrogen) atoms. The van der Waals surface area contributed by atoms with E-state index >= 15 is 0 Å². The van der Waals surface area contributed by atoms with Gasteiger partial charge in [0, 0.05) is 54.8 Å². The summed E-state index contributed by atoms with van der Waals surface area (Å²) in [6.07, 6.45) is 0.684. The van der Waals surface area contributed by atoms with Crippen LogP contribution in [0.3, 0.4) is 0 Å². The molecule has 5 rings (SSSR count). The van der Waals surface area contributed by atoms with E-state index in [1.54, 1.807) is 36.7 Å². The van der Waals surface area contributed by atoms with Crippen LogP contribution in [0.2, 0.25) is 0 Å². The van der Waals surface area contributed by atoms with Crippen LogP contribution in [0.25, 0.3) is 21.7 Å². The molecule has 1 aliphatic rings. The van der Waals surface area contributed by atoms with Crippen LogP contribution < -0.4 is 10.2 Å². The number of pyridine rings is 2. The van der Waals surface area contributed by atoms with Gasteiger partial charge in [-0.1, -0.05) is 12.1 Å². The van der Waals surface area contributed by atoms with E-state index in [-0.39, 0.29) is 23.8 Å². The van der Waals surface area contributed by atoms with Crippen molar-refractivity contribution in [2.45, 2.75) is 38.3 Å². The van der Waals surface area contributed by atoms with Crippen molar-refractivity contribution in [2.24, 2.45) is 0 Å². The smallest absolute Gasteiger partial charge is 0.416 e. The van der Waals surface area contributed by atoms with E-state index in [2.05, 4.69) is 15.2 Å². The van der Waals surface area contributed by atoms with E-state index in [4.69, 9.17) is 9.72 Å². The minimum atomic E-state index is -4.45. The van der Waals surface area contributed by atoms with Crippen molar-refractivity contribution in [3.63, 3.8) is 0 Å². The number of aromatic nitrogens is 2. The number of aromatic carboxylic acids is 1. The molecule has 0 atom stereocenters. The first-order valence-corrected chi connectivity index (χ1v) is 13.0. The van der Waals surface area contributed by atoms with E-state index < -0.39 is 24.3 Å². The zero-order valence-electron chi connectivity index (χ0n) is 21.6. The lowest BCUT2D eigenvalue weighted by Gasteiger charge is -2.40. The molecule has 0 spiro atoms. The molecule has 210 valence electrons. The number of fused-ring (bicyclic) bond motifs is 3. The van der Waals surface area contributed by atoms with Crippen molar-refractivity contribution in [3.8, 4) is 0 Å². The monoisotopic (exact) mass is 554 g/mol. The van der Waals surface area contributed by atoms with Crippen molar-refractivity contribution in [3.05, 3.63) is 77.1 Å². The fourth-order valence-corrected chi connectivity index (χ4v) is 4.88. The summed E-state index contributed by atoms with van der Waals surface area (Å²) in [5.41, 5.74) is 0.744. The minimum absolute atomic E-state index is 0.0507. The van der Waals surface area contributed by atoms with Crippen LogP contribution in [0, 0.1) is 0 Å². The Morgan fingerprint density at radius 1 is 1.05 bits per heavy atom. The van der Waals surface area contributed by atoms with Crippen molar-refractivity contribution in [2.75, 3.05) is 31.1 Å². The Hall–Kier alpha value is -3.80. The average Bonchev–Trinajstić information content (AvgIpc) is 2.92. The lowest BCUT2D eigenvalue weighted by atomic mass is 10.0. The molecule has 1 aliphatic heterocycles. The maximum absolute atomic E-state index is 13.1. The molecule has 0 bridgehead atoms. The second-order valence-corrected chi connectivity index (χ2v) is 9.87. The molecule has 2 aromatic carbocycles. The highest BCUT2D eigenvalue weighted by atomic mass is 19.4. The number of aliphatic hydroxyl groups is 1. The second kappa shape index (κ2) is 11.7. The second-order valence-electron chi connectivity index (χ2n) is 9.87. The molecular weight excluding hydrogens is 525 g/mol. The van der Waals surface area contributed by atoms with Crippen LogP contribution >= 0.6 is 0 Å². The molecule has 3 N–H and O–H groups in total. The highest BCUT2D eigenvalue weighted by Gasteiger charge is 2.31. The van der Waals surface area contributed by atoms with Crippen molar-refractivity contribution >= 4 is 33.5 Å². The maximum Gasteiger partial charge on any atom is 0.416 e. The summed E-state index contributed by atoms with van der Waals surface area (Å²) in [6.45, 7) is 2.36. The molecule has 1 saturated heterocycles. The number of carboxylic acid groups (broad SMARTS) is 1. The predicted octanol–water partition coefficient (Wildman–Crippen LogP) is 4.77. The summed E-state index contributed by atoms with van der Waals surface area (Å²) in [4.78, 5) is 22.6. The van der Waals surface area contributed by atoms with Gasteiger partial charge in [-0.25, -0.2) is 9.78 Å². The molecule has 8 nitrogen and oxygen atoms in total. The predicted molar refractivity (Wildman–Crippen MR) is 144 cm³/mol. The molecule has 0 saturated carbocycles. The van der Waals surface area contributed by atoms with Crippen molar-refractivity contribution < 1.29 is 32.9 Å². The number of halogens is 3. The Bertz CT molecular complexity index is 1520. The third kappa shape index (κ3) is 6.16. The van der Waals surface area contributed by atoms with Gasteiger partial charge in [0.25, 0.3) is 0 Å². The fourth-order valence-electron chi connectivity index (χ4n) is 4.88. The lowest BCUT2D eigenvalue weighted by Crippen LogP contribution is -2.52. The van der Waals surface area contributed by atoms with Gasteiger partial charge in [-0.3, -0.25) is 4.98 Å². The van der Waals surface area contributed by atoms with E-state index in [9.17, 15) is 28.2 Å². The summed E-state index contributed by atoms with van der Waals surface area (Å²) in [7, 11) is 0. The van der Waals surface area contributed by atoms with Gasteiger partial charge in [-0.2, -0.15) is 13.2 Å². The quantitative estimate of drug-likeness (QED) is 0.180. The number of ether oxygens (including phenoxy) is 1. The summed E-state index contributed by atoms with van der Waals surface area (Å²) in [5.74, 6) is -0.230. The first-order chi connectivity index (χ1) is 19.2. The molecule has 4 aromatic rings. The van der Waals surface area contributed by atoms with Gasteiger partial charge < -0.3 is 25.2 Å². The molecular formula is C29H29F3N4O4. The van der Waals surface area contributed by atoms with E-state index in [0.29, 0.717) is 37.3 Å². The first kappa shape index (κ1) is 27.8. The van der Waals surface area contributed by atoms with Crippen LogP contribution in [0.15, 0.2) is 54.9 Å². The van der Waals surface area contributed by atoms with E-state index in [1.807, 2.05) is 6.07 Å². The molecule has 3 heterocycles. The van der Waals surface area contributed by atoms with Gasteiger partial charge in [0.05, 0.1) is 29.4 Å². The number of carbonyl (C=O) groups is 1. The number of unbranched alkanes of at least 4 members (excludes halogenated alkanes) is 1. The Morgan fingerprint density at radius 2 is 1.85 bits per heavy atom. The van der Waals surface area contributed by atoms with Gasteiger partial charge in [-0.15, -0.1) is 0 Å². The van der Waals surface area contributed by atoms with Gasteiger partial charge in [0.1, 0.15) is 5.82 Å². The zero-order valence-corrected chi connectivity index (χ0v) is 21.6. The number of alkyl halides is 3. The standard InChI is InChI=1S/C29H29F3N4O4/c30-29(31,32)21-10-18(9-19(11-21)17-37)13-33-6-1-2-8-40-22-15-36(16-22)27-24-5-7-34-14-25(24)23-4-3-20(28(38)39)12-26(23)35-27/h3-5,7,9-12,14,22,33,37H,1-2,6,8,13,15-17H2,(H,38,39). The summed E-state index contributed by atoms with van der Waals surface area (Å²) in [6, 6.07) is 10.5. The van der Waals surface area contributed by atoms with E-state index in [1.165, 1.54) is 0 Å². The average molecular weight is 555 g/mol. The van der Waals surface area contributed by atoms with Crippen LogP contribution in [0.1, 0.15) is 39.9 Å². The molecule has 0 aliphatic carbocycles. The van der Waals surface area contributed by atoms with Gasteiger partial charge in [-0.05, 0) is 60.8 Å². The zero-order chi connectivity index (χ0) is 28.3. The molecule has 11 heteroatoms. The molecule has 0 radical (unpaired) electrons. The number of hydrogen-bond donors (Lipinski definition) is 3. The number of aliphatic hydroxyl groups excluding tert-OH is 1. The van der Waals surface area contributed by atoms with Crippen molar-refractivity contribution in [1.29, 1.82) is 0 Å². The Balaban J connectivity index is 1.09. The SMILES string of the molecule is O=C(O)c1ccc2c(c1)nc(N1CC(OCCCCNCc3cc(CO)cc(C(F)(F)F)c3)C1)c1ccncc12. The van der Waals surface area contributed by atoms with Gasteiger partial charge >= 0.3 is 12.1 Å². The van der Waals surface area contributed by atoms with Crippen LogP contribution in [0.4, 0.5) is 19.0 Å².